The smallest absolute Gasteiger partial charge is 0.211 e. The van der Waals surface area contributed by atoms with Crippen LogP contribution in [0, 0.1) is 0 Å². The van der Waals surface area contributed by atoms with Gasteiger partial charge in [-0.25, -0.2) is 13.1 Å². The Labute approximate surface area is 177 Å². The van der Waals surface area contributed by atoms with E-state index in [2.05, 4.69) is 59.3 Å². The second-order valence-electron chi connectivity index (χ2n) is 7.07. The van der Waals surface area contributed by atoms with Crippen LogP contribution in [-0.4, -0.2) is 15.0 Å². The van der Waals surface area contributed by atoms with Gasteiger partial charge in [0.15, 0.2) is 0 Å². The van der Waals surface area contributed by atoms with E-state index in [0.29, 0.717) is 18.0 Å². The Morgan fingerprint density at radius 2 is 1.38 bits per heavy atom. The first-order chi connectivity index (χ1) is 14.0. The van der Waals surface area contributed by atoms with Crippen molar-refractivity contribution in [3.8, 4) is 0 Å². The first kappa shape index (κ1) is 19.9. The molecule has 0 aliphatic heterocycles. The standard InChI is InChI=1S/C24H22ClNO2S/c25-20-13-15-21(16-14-20)29(27,28)26-17-5-10-24-22-8-3-1-6-18(22)11-12-19-7-2-4-9-23(19)24/h1-4,6-10,13-16,26H,5,11-12,17H2. The molecule has 29 heavy (non-hydrogen) atoms. The van der Waals surface area contributed by atoms with E-state index >= 15 is 0 Å². The number of hydrogen-bond acceptors (Lipinski definition) is 2. The molecule has 1 N–H and O–H groups in total. The van der Waals surface area contributed by atoms with Crippen molar-refractivity contribution in [3.05, 3.63) is 106 Å². The van der Waals surface area contributed by atoms with Crippen LogP contribution in [0.1, 0.15) is 28.7 Å². The van der Waals surface area contributed by atoms with Gasteiger partial charge in [-0.2, -0.15) is 0 Å². The molecular formula is C24H22ClNO2S. The first-order valence-corrected chi connectivity index (χ1v) is 11.5. The number of hydrogen-bond donors (Lipinski definition) is 1. The van der Waals surface area contributed by atoms with Crippen LogP contribution in [0.5, 0.6) is 0 Å². The molecule has 0 fully saturated rings. The average molecular weight is 424 g/mol. The number of sulfonamides is 1. The normalized spacial score (nSPS) is 13.3. The lowest BCUT2D eigenvalue weighted by molar-refractivity contribution is 0.582. The maximum Gasteiger partial charge on any atom is 0.240 e. The minimum atomic E-state index is -3.55. The quantitative estimate of drug-likeness (QED) is 0.570. The number of benzene rings is 3. The van der Waals surface area contributed by atoms with Crippen molar-refractivity contribution in [1.29, 1.82) is 0 Å². The molecule has 0 saturated carbocycles. The van der Waals surface area contributed by atoms with Gasteiger partial charge in [0.1, 0.15) is 0 Å². The van der Waals surface area contributed by atoms with Crippen molar-refractivity contribution in [1.82, 2.24) is 4.72 Å². The molecule has 0 radical (unpaired) electrons. The van der Waals surface area contributed by atoms with E-state index in [1.807, 2.05) is 0 Å². The van der Waals surface area contributed by atoms with Gasteiger partial charge in [0.05, 0.1) is 4.90 Å². The zero-order valence-corrected chi connectivity index (χ0v) is 17.5. The summed E-state index contributed by atoms with van der Waals surface area (Å²) in [6.45, 7) is 0.332. The van der Waals surface area contributed by atoms with Crippen molar-refractivity contribution in [2.45, 2.75) is 24.2 Å². The third-order valence-electron chi connectivity index (χ3n) is 5.19. The fourth-order valence-corrected chi connectivity index (χ4v) is 4.92. The van der Waals surface area contributed by atoms with Gasteiger partial charge in [0.2, 0.25) is 10.0 Å². The van der Waals surface area contributed by atoms with Gasteiger partial charge < -0.3 is 0 Å². The second-order valence-corrected chi connectivity index (χ2v) is 9.28. The van der Waals surface area contributed by atoms with Crippen LogP contribution in [0.15, 0.2) is 83.8 Å². The predicted molar refractivity (Wildman–Crippen MR) is 119 cm³/mol. The largest absolute Gasteiger partial charge is 0.240 e. The number of aryl methyl sites for hydroxylation is 2. The zero-order chi connectivity index (χ0) is 20.3. The minimum absolute atomic E-state index is 0.222. The SMILES string of the molecule is O=S(=O)(NCCC=C1c2ccccc2CCc2ccccc21)c1ccc(Cl)cc1. The average Bonchev–Trinajstić information content (AvgIpc) is 2.89. The summed E-state index contributed by atoms with van der Waals surface area (Å²) < 4.78 is 27.6. The highest BCUT2D eigenvalue weighted by atomic mass is 35.5. The Balaban J connectivity index is 1.56. The van der Waals surface area contributed by atoms with Gasteiger partial charge in [-0.05, 0) is 71.4 Å². The maximum absolute atomic E-state index is 12.5. The topological polar surface area (TPSA) is 46.2 Å². The summed E-state index contributed by atoms with van der Waals surface area (Å²) >= 11 is 5.85. The summed E-state index contributed by atoms with van der Waals surface area (Å²) in [5, 5.41) is 0.513. The molecule has 0 bridgehead atoms. The molecule has 0 heterocycles. The van der Waals surface area contributed by atoms with Gasteiger partial charge in [-0.1, -0.05) is 66.2 Å². The third-order valence-corrected chi connectivity index (χ3v) is 6.92. The highest BCUT2D eigenvalue weighted by Crippen LogP contribution is 2.33. The van der Waals surface area contributed by atoms with Gasteiger partial charge in [-0.3, -0.25) is 0 Å². The fraction of sp³-hybridized carbons (Fsp3) is 0.167. The van der Waals surface area contributed by atoms with E-state index in [-0.39, 0.29) is 4.90 Å². The Bertz CT molecular complexity index is 1100. The molecule has 0 amide bonds. The number of rotatable bonds is 5. The Hall–Kier alpha value is -2.40. The fourth-order valence-electron chi connectivity index (χ4n) is 3.74. The van der Waals surface area contributed by atoms with E-state index in [4.69, 9.17) is 11.6 Å². The molecule has 0 saturated heterocycles. The molecule has 1 aliphatic rings. The van der Waals surface area contributed by atoms with Crippen LogP contribution >= 0.6 is 11.6 Å². The molecule has 1 aliphatic carbocycles. The molecule has 0 aromatic heterocycles. The molecule has 3 nitrogen and oxygen atoms in total. The van der Waals surface area contributed by atoms with Crippen LogP contribution in [-0.2, 0) is 22.9 Å². The molecule has 148 valence electrons. The lowest BCUT2D eigenvalue weighted by Crippen LogP contribution is -2.24. The highest BCUT2D eigenvalue weighted by Gasteiger charge is 2.17. The first-order valence-electron chi connectivity index (χ1n) is 9.66. The van der Waals surface area contributed by atoms with E-state index in [0.717, 1.165) is 12.8 Å². The van der Waals surface area contributed by atoms with Crippen LogP contribution < -0.4 is 4.72 Å². The minimum Gasteiger partial charge on any atom is -0.211 e. The summed E-state index contributed by atoms with van der Waals surface area (Å²) in [7, 11) is -3.55. The van der Waals surface area contributed by atoms with Crippen LogP contribution in [0.25, 0.3) is 5.57 Å². The molecule has 4 rings (SSSR count). The van der Waals surface area contributed by atoms with E-state index < -0.39 is 10.0 Å². The monoisotopic (exact) mass is 423 g/mol. The lowest BCUT2D eigenvalue weighted by Gasteiger charge is -2.12. The van der Waals surface area contributed by atoms with E-state index in [9.17, 15) is 8.42 Å². The molecular weight excluding hydrogens is 402 g/mol. The van der Waals surface area contributed by atoms with Crippen molar-refractivity contribution >= 4 is 27.2 Å². The van der Waals surface area contributed by atoms with Crippen LogP contribution in [0.4, 0.5) is 0 Å². The molecule has 3 aromatic carbocycles. The van der Waals surface area contributed by atoms with Gasteiger partial charge in [-0.15, -0.1) is 0 Å². The predicted octanol–water partition coefficient (Wildman–Crippen LogP) is 5.24. The zero-order valence-electron chi connectivity index (χ0n) is 15.9. The lowest BCUT2D eigenvalue weighted by atomic mass is 9.93. The Kier molecular flexibility index (Phi) is 5.86. The maximum atomic E-state index is 12.5. The molecule has 0 spiro atoms. The van der Waals surface area contributed by atoms with E-state index in [1.54, 1.807) is 12.1 Å². The van der Waals surface area contributed by atoms with E-state index in [1.165, 1.54) is 40.0 Å². The second kappa shape index (κ2) is 8.54. The number of nitrogens with one attached hydrogen (secondary N) is 1. The summed E-state index contributed by atoms with van der Waals surface area (Å²) in [6.07, 6.45) is 4.76. The summed E-state index contributed by atoms with van der Waals surface area (Å²) in [5.74, 6) is 0. The summed E-state index contributed by atoms with van der Waals surface area (Å²) in [4.78, 5) is 0.222. The summed E-state index contributed by atoms with van der Waals surface area (Å²) in [6, 6.07) is 23.1. The van der Waals surface area contributed by atoms with Gasteiger partial charge >= 0.3 is 0 Å². The summed E-state index contributed by atoms with van der Waals surface area (Å²) in [5.41, 5.74) is 6.31. The number of fused-ring (bicyclic) bond motifs is 2. The Morgan fingerprint density at radius 3 is 1.97 bits per heavy atom. The molecule has 0 atom stereocenters. The van der Waals surface area contributed by atoms with Gasteiger partial charge in [0, 0.05) is 11.6 Å². The number of halogens is 1. The van der Waals surface area contributed by atoms with Crippen molar-refractivity contribution in [3.63, 3.8) is 0 Å². The van der Waals surface area contributed by atoms with Gasteiger partial charge in [0.25, 0.3) is 0 Å². The molecule has 5 heteroatoms. The molecule has 3 aromatic rings. The Morgan fingerprint density at radius 1 is 0.828 bits per heavy atom. The van der Waals surface area contributed by atoms with Crippen LogP contribution in [0.3, 0.4) is 0 Å². The molecule has 0 unspecified atom stereocenters. The van der Waals surface area contributed by atoms with Crippen molar-refractivity contribution in [2.24, 2.45) is 0 Å². The highest BCUT2D eigenvalue weighted by molar-refractivity contribution is 7.89. The third kappa shape index (κ3) is 4.45. The van der Waals surface area contributed by atoms with Crippen LogP contribution in [0.2, 0.25) is 5.02 Å². The van der Waals surface area contributed by atoms with Crippen molar-refractivity contribution < 1.29 is 8.42 Å². The van der Waals surface area contributed by atoms with Crippen molar-refractivity contribution in [2.75, 3.05) is 6.54 Å².